The first-order valence-electron chi connectivity index (χ1n) is 6.01. The first-order chi connectivity index (χ1) is 10.1. The average molecular weight is 352 g/mol. The summed E-state index contributed by atoms with van der Waals surface area (Å²) in [5, 5.41) is 2.41. The largest absolute Gasteiger partial charge is 0.484 e. The van der Waals surface area contributed by atoms with Crippen LogP contribution in [0.1, 0.15) is 10.4 Å². The summed E-state index contributed by atoms with van der Waals surface area (Å²) < 4.78 is 19.4. The lowest BCUT2D eigenvalue weighted by atomic mass is 10.2. The molecule has 2 aromatic carbocycles. The number of hydrogen-bond acceptors (Lipinski definition) is 3. The van der Waals surface area contributed by atoms with Crippen LogP contribution in [0.5, 0.6) is 5.75 Å². The van der Waals surface area contributed by atoms with Crippen LogP contribution in [0.15, 0.2) is 46.9 Å². The van der Waals surface area contributed by atoms with E-state index in [1.807, 2.05) is 0 Å². The van der Waals surface area contributed by atoms with Crippen molar-refractivity contribution < 1.29 is 18.7 Å². The summed E-state index contributed by atoms with van der Waals surface area (Å²) in [6.45, 7) is -0.280. The number of ether oxygens (including phenoxy) is 1. The van der Waals surface area contributed by atoms with Gasteiger partial charge in [0.2, 0.25) is 0 Å². The van der Waals surface area contributed by atoms with Crippen molar-refractivity contribution in [2.24, 2.45) is 0 Å². The summed E-state index contributed by atoms with van der Waals surface area (Å²) >= 11 is 3.13. The van der Waals surface area contributed by atoms with Crippen molar-refractivity contribution in [3.05, 3.63) is 58.3 Å². The zero-order chi connectivity index (χ0) is 15.2. The molecule has 0 aromatic heterocycles. The maximum atomic E-state index is 13.5. The number of nitrogens with one attached hydrogen (secondary N) is 1. The molecule has 6 heteroatoms. The normalized spacial score (nSPS) is 10.0. The standard InChI is InChI=1S/C15H11BrFNO3/c16-11-4-5-14(13(17)7-11)18-15(20)9-21-12-3-1-2-10(6-12)8-19/h1-8H,9H2,(H,18,20). The molecular weight excluding hydrogens is 341 g/mol. The predicted octanol–water partition coefficient (Wildman–Crippen LogP) is 3.42. The Bertz CT molecular complexity index is 676. The summed E-state index contributed by atoms with van der Waals surface area (Å²) in [5.74, 6) is -0.639. The average Bonchev–Trinajstić information content (AvgIpc) is 2.48. The van der Waals surface area contributed by atoms with Gasteiger partial charge in [0.05, 0.1) is 5.69 Å². The van der Waals surface area contributed by atoms with Crippen LogP contribution in [-0.2, 0) is 4.79 Å². The second-order valence-electron chi connectivity index (χ2n) is 4.15. The first-order valence-corrected chi connectivity index (χ1v) is 6.81. The van der Waals surface area contributed by atoms with Gasteiger partial charge in [0, 0.05) is 10.0 Å². The molecule has 0 aliphatic heterocycles. The van der Waals surface area contributed by atoms with Crippen LogP contribution in [0.4, 0.5) is 10.1 Å². The van der Waals surface area contributed by atoms with Crippen LogP contribution < -0.4 is 10.1 Å². The number of rotatable bonds is 5. The summed E-state index contributed by atoms with van der Waals surface area (Å²) in [7, 11) is 0. The van der Waals surface area contributed by atoms with Gasteiger partial charge >= 0.3 is 0 Å². The lowest BCUT2D eigenvalue weighted by Gasteiger charge is -2.08. The molecule has 4 nitrogen and oxygen atoms in total. The third-order valence-electron chi connectivity index (χ3n) is 2.57. The lowest BCUT2D eigenvalue weighted by Crippen LogP contribution is -2.20. The van der Waals surface area contributed by atoms with Crippen LogP contribution in [0, 0.1) is 5.82 Å². The molecule has 21 heavy (non-hydrogen) atoms. The summed E-state index contributed by atoms with van der Waals surface area (Å²) in [6.07, 6.45) is 0.685. The minimum atomic E-state index is -0.541. The molecule has 2 rings (SSSR count). The summed E-state index contributed by atoms with van der Waals surface area (Å²) in [6, 6.07) is 10.7. The molecule has 0 unspecified atom stereocenters. The van der Waals surface area contributed by atoms with Crippen molar-refractivity contribution in [2.45, 2.75) is 0 Å². The van der Waals surface area contributed by atoms with Crippen LogP contribution in [-0.4, -0.2) is 18.8 Å². The van der Waals surface area contributed by atoms with Crippen molar-refractivity contribution >= 4 is 33.8 Å². The second kappa shape index (κ2) is 6.99. The molecule has 0 radical (unpaired) electrons. The van der Waals surface area contributed by atoms with Gasteiger partial charge in [-0.1, -0.05) is 28.1 Å². The van der Waals surface area contributed by atoms with E-state index < -0.39 is 11.7 Å². The molecule has 1 amide bonds. The van der Waals surface area contributed by atoms with E-state index in [0.29, 0.717) is 22.1 Å². The fraction of sp³-hybridized carbons (Fsp3) is 0.0667. The van der Waals surface area contributed by atoms with E-state index in [-0.39, 0.29) is 12.3 Å². The highest BCUT2D eigenvalue weighted by Gasteiger charge is 2.08. The third-order valence-corrected chi connectivity index (χ3v) is 3.06. The number of amides is 1. The van der Waals surface area contributed by atoms with Gasteiger partial charge in [-0.3, -0.25) is 9.59 Å². The minimum Gasteiger partial charge on any atom is -0.484 e. The molecule has 0 aliphatic carbocycles. The molecule has 2 aromatic rings. The Balaban J connectivity index is 1.94. The molecule has 0 fully saturated rings. The van der Waals surface area contributed by atoms with E-state index in [1.54, 1.807) is 24.3 Å². The Morgan fingerprint density at radius 2 is 2.10 bits per heavy atom. The van der Waals surface area contributed by atoms with E-state index in [9.17, 15) is 14.0 Å². The van der Waals surface area contributed by atoms with E-state index in [4.69, 9.17) is 4.74 Å². The molecule has 0 spiro atoms. The van der Waals surface area contributed by atoms with Gasteiger partial charge in [-0.25, -0.2) is 4.39 Å². The molecule has 0 aliphatic rings. The van der Waals surface area contributed by atoms with E-state index >= 15 is 0 Å². The van der Waals surface area contributed by atoms with Gasteiger partial charge < -0.3 is 10.1 Å². The van der Waals surface area contributed by atoms with Gasteiger partial charge in [-0.15, -0.1) is 0 Å². The number of carbonyl (C=O) groups excluding carboxylic acids is 2. The van der Waals surface area contributed by atoms with Crippen molar-refractivity contribution in [3.63, 3.8) is 0 Å². The number of halogens is 2. The molecular formula is C15H11BrFNO3. The summed E-state index contributed by atoms with van der Waals surface area (Å²) in [5.41, 5.74) is 0.528. The number of carbonyl (C=O) groups is 2. The van der Waals surface area contributed by atoms with Crippen LogP contribution in [0.2, 0.25) is 0 Å². The Kier molecular flexibility index (Phi) is 5.05. The highest BCUT2D eigenvalue weighted by atomic mass is 79.9. The van der Waals surface area contributed by atoms with Crippen molar-refractivity contribution in [3.8, 4) is 5.75 Å². The minimum absolute atomic E-state index is 0.0773. The second-order valence-corrected chi connectivity index (χ2v) is 5.07. The molecule has 0 heterocycles. The number of aldehydes is 1. The smallest absolute Gasteiger partial charge is 0.262 e. The van der Waals surface area contributed by atoms with Crippen molar-refractivity contribution in [1.82, 2.24) is 0 Å². The van der Waals surface area contributed by atoms with Gasteiger partial charge in [0.25, 0.3) is 5.91 Å². The fourth-order valence-corrected chi connectivity index (χ4v) is 1.94. The number of benzene rings is 2. The molecule has 0 atom stereocenters. The lowest BCUT2D eigenvalue weighted by molar-refractivity contribution is -0.118. The maximum Gasteiger partial charge on any atom is 0.262 e. The van der Waals surface area contributed by atoms with E-state index in [2.05, 4.69) is 21.2 Å². The number of anilines is 1. The van der Waals surface area contributed by atoms with Gasteiger partial charge in [0.15, 0.2) is 6.61 Å². The molecule has 0 saturated carbocycles. The Morgan fingerprint density at radius 3 is 2.81 bits per heavy atom. The zero-order valence-corrected chi connectivity index (χ0v) is 12.4. The van der Waals surface area contributed by atoms with Crippen LogP contribution in [0.3, 0.4) is 0 Å². The maximum absolute atomic E-state index is 13.5. The highest BCUT2D eigenvalue weighted by molar-refractivity contribution is 9.10. The Labute approximate surface area is 129 Å². The zero-order valence-electron chi connectivity index (χ0n) is 10.8. The Morgan fingerprint density at radius 1 is 1.29 bits per heavy atom. The fourth-order valence-electron chi connectivity index (χ4n) is 1.60. The van der Waals surface area contributed by atoms with E-state index in [0.717, 1.165) is 0 Å². The SMILES string of the molecule is O=Cc1cccc(OCC(=O)Nc2ccc(Br)cc2F)c1. The van der Waals surface area contributed by atoms with Gasteiger partial charge in [0.1, 0.15) is 17.9 Å². The van der Waals surface area contributed by atoms with Gasteiger partial charge in [-0.2, -0.15) is 0 Å². The summed E-state index contributed by atoms with van der Waals surface area (Å²) in [4.78, 5) is 22.3. The molecule has 108 valence electrons. The predicted molar refractivity (Wildman–Crippen MR) is 80.1 cm³/mol. The van der Waals surface area contributed by atoms with Crippen molar-refractivity contribution in [2.75, 3.05) is 11.9 Å². The molecule has 0 saturated heterocycles. The highest BCUT2D eigenvalue weighted by Crippen LogP contribution is 2.19. The van der Waals surface area contributed by atoms with Crippen LogP contribution >= 0.6 is 15.9 Å². The molecule has 0 bridgehead atoms. The molecule has 1 N–H and O–H groups in total. The first kappa shape index (κ1) is 15.2. The monoisotopic (exact) mass is 351 g/mol. The van der Waals surface area contributed by atoms with Crippen molar-refractivity contribution in [1.29, 1.82) is 0 Å². The van der Waals surface area contributed by atoms with E-state index in [1.165, 1.54) is 18.2 Å². The third kappa shape index (κ3) is 4.39. The quantitative estimate of drug-likeness (QED) is 0.839. The topological polar surface area (TPSA) is 55.4 Å². The van der Waals surface area contributed by atoms with Crippen LogP contribution in [0.25, 0.3) is 0 Å². The number of hydrogen-bond donors (Lipinski definition) is 1. The van der Waals surface area contributed by atoms with Gasteiger partial charge in [-0.05, 0) is 30.3 Å². The Hall–Kier alpha value is -2.21.